The van der Waals surface area contributed by atoms with Crippen LogP contribution in [0.3, 0.4) is 0 Å². The summed E-state index contributed by atoms with van der Waals surface area (Å²) in [5, 5.41) is 7.22. The third-order valence-electron chi connectivity index (χ3n) is 4.67. The molecule has 3 heterocycles. The molecule has 0 bridgehead atoms. The van der Waals surface area contributed by atoms with E-state index in [4.69, 9.17) is 0 Å². The van der Waals surface area contributed by atoms with E-state index in [0.717, 1.165) is 35.0 Å². The average molecular weight is 404 g/mol. The number of amides is 1. The Bertz CT molecular complexity index is 904. The van der Waals surface area contributed by atoms with Crippen LogP contribution in [0.4, 0.5) is 0 Å². The van der Waals surface area contributed by atoms with Crippen LogP contribution in [0.1, 0.15) is 28.7 Å². The number of hydrogen-bond acceptors (Lipinski definition) is 6. The molecule has 1 aliphatic rings. The molecule has 0 saturated carbocycles. The highest BCUT2D eigenvalue weighted by Crippen LogP contribution is 2.40. The number of carbonyl (C=O) groups is 1. The summed E-state index contributed by atoms with van der Waals surface area (Å²) in [5.74, 6) is 1.21. The maximum Gasteiger partial charge on any atom is 0.230 e. The molecule has 0 radical (unpaired) electrons. The number of hydrogen-bond donors (Lipinski definition) is 1. The second-order valence-corrected chi connectivity index (χ2v) is 9.76. The summed E-state index contributed by atoms with van der Waals surface area (Å²) in [5.41, 5.74) is 1.42. The third-order valence-corrected chi connectivity index (χ3v) is 7.76. The largest absolute Gasteiger partial charge is 0.355 e. The second kappa shape index (κ2) is 8.06. The van der Waals surface area contributed by atoms with Crippen molar-refractivity contribution in [1.82, 2.24) is 15.3 Å². The molecule has 3 aromatic heterocycles. The molecule has 1 aliphatic carbocycles. The van der Waals surface area contributed by atoms with Gasteiger partial charge in [-0.15, -0.1) is 22.7 Å². The number of fused-ring (bicyclic) bond motifs is 3. The molecule has 0 spiro atoms. The van der Waals surface area contributed by atoms with E-state index in [0.29, 0.717) is 12.3 Å². The number of aromatic nitrogens is 2. The predicted molar refractivity (Wildman–Crippen MR) is 110 cm³/mol. The zero-order valence-corrected chi connectivity index (χ0v) is 17.1. The lowest BCUT2D eigenvalue weighted by molar-refractivity contribution is -0.118. The fraction of sp³-hybridized carbons (Fsp3) is 0.421. The van der Waals surface area contributed by atoms with Crippen LogP contribution in [0, 0.1) is 5.92 Å². The SMILES string of the molecule is C[C@H]1CCc2c(sc3ncnc(SCC(=O)NCCc4cccs4)c23)C1. The molecule has 3 aromatic rings. The molecule has 0 aliphatic heterocycles. The minimum absolute atomic E-state index is 0.0658. The highest BCUT2D eigenvalue weighted by Gasteiger charge is 2.23. The number of rotatable bonds is 6. The van der Waals surface area contributed by atoms with Crippen LogP contribution < -0.4 is 5.32 Å². The summed E-state index contributed by atoms with van der Waals surface area (Å²) in [6, 6.07) is 4.14. The van der Waals surface area contributed by atoms with Gasteiger partial charge in [0.1, 0.15) is 16.2 Å². The van der Waals surface area contributed by atoms with Crippen LogP contribution in [-0.4, -0.2) is 28.2 Å². The second-order valence-electron chi connectivity index (χ2n) is 6.68. The lowest BCUT2D eigenvalue weighted by Crippen LogP contribution is -2.27. The zero-order valence-electron chi connectivity index (χ0n) is 14.7. The zero-order chi connectivity index (χ0) is 17.9. The standard InChI is InChI=1S/C19H21N3OS3/c1-12-4-5-14-15(9-12)26-19-17(14)18(21-11-22-19)25-10-16(23)20-7-6-13-3-2-8-24-13/h2-3,8,11-12H,4-7,9-10H2,1H3,(H,20,23)/t12-/m0/s1. The first-order valence-corrected chi connectivity index (χ1v) is 11.6. The third kappa shape index (κ3) is 3.94. The Hall–Kier alpha value is -1.44. The topological polar surface area (TPSA) is 54.9 Å². The van der Waals surface area contributed by atoms with Gasteiger partial charge in [-0.25, -0.2) is 9.97 Å². The highest BCUT2D eigenvalue weighted by atomic mass is 32.2. The van der Waals surface area contributed by atoms with Crippen molar-refractivity contribution in [2.24, 2.45) is 5.92 Å². The monoisotopic (exact) mass is 403 g/mol. The van der Waals surface area contributed by atoms with E-state index in [1.807, 2.05) is 6.07 Å². The van der Waals surface area contributed by atoms with Gasteiger partial charge in [0.2, 0.25) is 5.91 Å². The number of carbonyl (C=O) groups excluding carboxylic acids is 1. The van der Waals surface area contributed by atoms with Gasteiger partial charge in [-0.3, -0.25) is 4.79 Å². The average Bonchev–Trinajstić information content (AvgIpc) is 3.26. The Balaban J connectivity index is 1.40. The Labute approximate surface area is 165 Å². The highest BCUT2D eigenvalue weighted by molar-refractivity contribution is 8.00. The minimum atomic E-state index is 0.0658. The molecule has 4 nitrogen and oxygen atoms in total. The lowest BCUT2D eigenvalue weighted by Gasteiger charge is -2.18. The smallest absolute Gasteiger partial charge is 0.230 e. The summed E-state index contributed by atoms with van der Waals surface area (Å²) < 4.78 is 0. The van der Waals surface area contributed by atoms with Crippen LogP contribution in [0.15, 0.2) is 28.9 Å². The van der Waals surface area contributed by atoms with E-state index in [1.165, 1.54) is 38.9 Å². The Morgan fingerprint density at radius 3 is 3.19 bits per heavy atom. The molecule has 1 amide bonds. The molecular weight excluding hydrogens is 382 g/mol. The minimum Gasteiger partial charge on any atom is -0.355 e. The Morgan fingerprint density at radius 1 is 1.42 bits per heavy atom. The summed E-state index contributed by atoms with van der Waals surface area (Å²) in [7, 11) is 0. The first-order chi connectivity index (χ1) is 12.7. The van der Waals surface area contributed by atoms with Gasteiger partial charge in [-0.1, -0.05) is 24.8 Å². The van der Waals surface area contributed by atoms with Crippen LogP contribution in [-0.2, 0) is 24.1 Å². The molecule has 1 N–H and O–H groups in total. The number of thiophene rings is 2. The van der Waals surface area contributed by atoms with E-state index in [9.17, 15) is 4.79 Å². The maximum absolute atomic E-state index is 12.2. The first-order valence-electron chi connectivity index (χ1n) is 8.88. The predicted octanol–water partition coefficient (Wildman–Crippen LogP) is 4.33. The van der Waals surface area contributed by atoms with Crippen molar-refractivity contribution in [2.75, 3.05) is 12.3 Å². The van der Waals surface area contributed by atoms with Crippen LogP contribution in [0.25, 0.3) is 10.2 Å². The van der Waals surface area contributed by atoms with E-state index < -0.39 is 0 Å². The molecule has 0 fully saturated rings. The van der Waals surface area contributed by atoms with Crippen molar-refractivity contribution in [1.29, 1.82) is 0 Å². The fourth-order valence-electron chi connectivity index (χ4n) is 3.32. The van der Waals surface area contributed by atoms with Gasteiger partial charge in [0.25, 0.3) is 0 Å². The van der Waals surface area contributed by atoms with Crippen molar-refractivity contribution in [3.05, 3.63) is 39.2 Å². The van der Waals surface area contributed by atoms with Gasteiger partial charge < -0.3 is 5.32 Å². The summed E-state index contributed by atoms with van der Waals surface area (Å²) in [4.78, 5) is 25.0. The van der Waals surface area contributed by atoms with Crippen molar-refractivity contribution in [3.8, 4) is 0 Å². The molecule has 136 valence electrons. The van der Waals surface area contributed by atoms with E-state index in [-0.39, 0.29) is 5.91 Å². The number of thioether (sulfide) groups is 1. The fourth-order valence-corrected chi connectivity index (χ4v) is 6.30. The van der Waals surface area contributed by atoms with Gasteiger partial charge in [-0.2, -0.15) is 0 Å². The number of nitrogens with zero attached hydrogens (tertiary/aromatic N) is 2. The quantitative estimate of drug-likeness (QED) is 0.492. The van der Waals surface area contributed by atoms with Crippen molar-refractivity contribution in [2.45, 2.75) is 37.6 Å². The summed E-state index contributed by atoms with van der Waals surface area (Å²) in [6.45, 7) is 3.00. The van der Waals surface area contributed by atoms with Crippen LogP contribution in [0.2, 0.25) is 0 Å². The molecule has 0 unspecified atom stereocenters. The van der Waals surface area contributed by atoms with Gasteiger partial charge in [-0.05, 0) is 48.6 Å². The Morgan fingerprint density at radius 2 is 2.35 bits per heavy atom. The van der Waals surface area contributed by atoms with Gasteiger partial charge >= 0.3 is 0 Å². The van der Waals surface area contributed by atoms with E-state index >= 15 is 0 Å². The summed E-state index contributed by atoms with van der Waals surface area (Å²) >= 11 is 5.06. The van der Waals surface area contributed by atoms with Crippen LogP contribution >= 0.6 is 34.4 Å². The van der Waals surface area contributed by atoms with Crippen molar-refractivity contribution >= 4 is 50.6 Å². The van der Waals surface area contributed by atoms with Gasteiger partial charge in [0, 0.05) is 21.7 Å². The number of aryl methyl sites for hydroxylation is 1. The maximum atomic E-state index is 12.2. The van der Waals surface area contributed by atoms with E-state index in [2.05, 4.69) is 33.7 Å². The van der Waals surface area contributed by atoms with E-state index in [1.54, 1.807) is 29.0 Å². The van der Waals surface area contributed by atoms with Crippen LogP contribution in [0.5, 0.6) is 0 Å². The normalized spacial score (nSPS) is 16.6. The molecule has 1 atom stereocenters. The molecule has 0 saturated heterocycles. The van der Waals surface area contributed by atoms with Gasteiger partial charge in [0.15, 0.2) is 0 Å². The van der Waals surface area contributed by atoms with Gasteiger partial charge in [0.05, 0.1) is 5.75 Å². The molecule has 7 heteroatoms. The number of nitrogens with one attached hydrogen (secondary N) is 1. The van der Waals surface area contributed by atoms with Crippen molar-refractivity contribution in [3.63, 3.8) is 0 Å². The Kier molecular flexibility index (Phi) is 5.57. The first kappa shape index (κ1) is 17.9. The summed E-state index contributed by atoms with van der Waals surface area (Å²) in [6.07, 6.45) is 5.99. The lowest BCUT2D eigenvalue weighted by atomic mass is 9.89. The molecule has 26 heavy (non-hydrogen) atoms. The molecule has 0 aromatic carbocycles. The van der Waals surface area contributed by atoms with Crippen molar-refractivity contribution < 1.29 is 4.79 Å². The molecule has 4 rings (SSSR count). The molecular formula is C19H21N3OS3.